The van der Waals surface area contributed by atoms with E-state index in [-0.39, 0.29) is 25.2 Å². The maximum absolute atomic E-state index is 13.5. The molecule has 0 bridgehead atoms. The van der Waals surface area contributed by atoms with Crippen LogP contribution in [-0.4, -0.2) is 23.3 Å². The van der Waals surface area contributed by atoms with Crippen LogP contribution in [0, 0.1) is 11.6 Å². The largest absolute Gasteiger partial charge is 0.386 e. The number of amides is 1. The second-order valence-electron chi connectivity index (χ2n) is 5.24. The maximum Gasteiger partial charge on any atom is 0.220 e. The van der Waals surface area contributed by atoms with Crippen LogP contribution in [0.25, 0.3) is 0 Å². The Balaban J connectivity index is 1.82. The van der Waals surface area contributed by atoms with E-state index >= 15 is 0 Å². The molecule has 0 saturated carbocycles. The Labute approximate surface area is 138 Å². The number of ketones is 1. The van der Waals surface area contributed by atoms with Gasteiger partial charge in [0.25, 0.3) is 0 Å². The highest BCUT2D eigenvalue weighted by atomic mass is 19.1. The summed E-state index contributed by atoms with van der Waals surface area (Å²) in [5.74, 6) is -2.41. The van der Waals surface area contributed by atoms with Gasteiger partial charge in [0.1, 0.15) is 17.7 Å². The van der Waals surface area contributed by atoms with Gasteiger partial charge in [-0.2, -0.15) is 0 Å². The number of Topliss-reactive ketones (excluding diaryl/α,β-unsaturated/α-hetero) is 1. The fourth-order valence-electron chi connectivity index (χ4n) is 2.23. The van der Waals surface area contributed by atoms with Gasteiger partial charge in [0.2, 0.25) is 5.91 Å². The molecule has 2 rings (SSSR count). The zero-order valence-electron chi connectivity index (χ0n) is 12.8. The number of hydrogen-bond acceptors (Lipinski definition) is 3. The third kappa shape index (κ3) is 4.70. The molecule has 0 aliphatic carbocycles. The predicted octanol–water partition coefficient (Wildman–Crippen LogP) is 2.78. The highest BCUT2D eigenvalue weighted by Gasteiger charge is 2.18. The second kappa shape index (κ2) is 8.31. The average molecular weight is 333 g/mol. The van der Waals surface area contributed by atoms with Crippen LogP contribution < -0.4 is 5.32 Å². The summed E-state index contributed by atoms with van der Waals surface area (Å²) in [5.41, 5.74) is 0.0249. The van der Waals surface area contributed by atoms with Gasteiger partial charge < -0.3 is 10.4 Å². The van der Waals surface area contributed by atoms with Gasteiger partial charge in [-0.05, 0) is 12.1 Å². The molecule has 0 aromatic heterocycles. The number of hydrogen-bond donors (Lipinski definition) is 2. The van der Waals surface area contributed by atoms with E-state index in [1.165, 1.54) is 6.07 Å². The first kappa shape index (κ1) is 17.7. The zero-order chi connectivity index (χ0) is 17.5. The van der Waals surface area contributed by atoms with Crippen LogP contribution in [0.3, 0.4) is 0 Å². The molecule has 0 radical (unpaired) electrons. The van der Waals surface area contributed by atoms with Crippen molar-refractivity contribution in [2.75, 3.05) is 6.54 Å². The van der Waals surface area contributed by atoms with Crippen molar-refractivity contribution in [3.05, 3.63) is 71.3 Å². The predicted molar refractivity (Wildman–Crippen MR) is 84.3 cm³/mol. The lowest BCUT2D eigenvalue weighted by molar-refractivity contribution is -0.121. The summed E-state index contributed by atoms with van der Waals surface area (Å²) in [6.45, 7) is -0.337. The van der Waals surface area contributed by atoms with Crippen molar-refractivity contribution in [1.82, 2.24) is 5.32 Å². The third-order valence-electron chi connectivity index (χ3n) is 3.50. The van der Waals surface area contributed by atoms with Gasteiger partial charge in [0.15, 0.2) is 5.78 Å². The van der Waals surface area contributed by atoms with Crippen LogP contribution in [-0.2, 0) is 4.79 Å². The molecule has 0 spiro atoms. The molecule has 4 nitrogen and oxygen atoms in total. The maximum atomic E-state index is 13.5. The number of aliphatic hydroxyl groups is 1. The fourth-order valence-corrected chi connectivity index (χ4v) is 2.23. The van der Waals surface area contributed by atoms with E-state index in [1.54, 1.807) is 30.3 Å². The normalized spacial score (nSPS) is 11.8. The van der Waals surface area contributed by atoms with E-state index in [1.807, 2.05) is 0 Å². The van der Waals surface area contributed by atoms with Crippen LogP contribution in [0.1, 0.15) is 34.9 Å². The van der Waals surface area contributed by atoms with Crippen molar-refractivity contribution in [2.45, 2.75) is 18.9 Å². The molecule has 1 atom stereocenters. The zero-order valence-corrected chi connectivity index (χ0v) is 12.8. The first-order valence-electron chi connectivity index (χ1n) is 7.46. The van der Waals surface area contributed by atoms with Crippen molar-refractivity contribution >= 4 is 11.7 Å². The molecule has 0 fully saturated rings. The summed E-state index contributed by atoms with van der Waals surface area (Å²) in [6, 6.07) is 11.8. The molecule has 0 heterocycles. The Bertz CT molecular complexity index is 699. The first-order valence-corrected chi connectivity index (χ1v) is 7.46. The van der Waals surface area contributed by atoms with Crippen LogP contribution in [0.5, 0.6) is 0 Å². The Hall–Kier alpha value is -2.60. The SMILES string of the molecule is O=C(CCC(=O)c1ccccc1)NCC(O)c1c(F)cccc1F. The van der Waals surface area contributed by atoms with Crippen molar-refractivity contribution < 1.29 is 23.5 Å². The summed E-state index contributed by atoms with van der Waals surface area (Å²) in [7, 11) is 0. The highest BCUT2D eigenvalue weighted by molar-refractivity contribution is 5.97. The molecule has 2 aromatic carbocycles. The number of carbonyl (C=O) groups is 2. The molecule has 1 amide bonds. The van der Waals surface area contributed by atoms with Crippen molar-refractivity contribution in [3.63, 3.8) is 0 Å². The molecule has 0 aliphatic rings. The van der Waals surface area contributed by atoms with Crippen molar-refractivity contribution in [2.24, 2.45) is 0 Å². The number of halogens is 2. The van der Waals surface area contributed by atoms with E-state index in [0.717, 1.165) is 12.1 Å². The lowest BCUT2D eigenvalue weighted by atomic mass is 10.1. The molecule has 126 valence electrons. The first-order chi connectivity index (χ1) is 11.5. The average Bonchev–Trinajstić information content (AvgIpc) is 2.58. The topological polar surface area (TPSA) is 66.4 Å². The Morgan fingerprint density at radius 1 is 0.958 bits per heavy atom. The van der Waals surface area contributed by atoms with Crippen LogP contribution in [0.2, 0.25) is 0 Å². The van der Waals surface area contributed by atoms with Gasteiger partial charge in [-0.1, -0.05) is 36.4 Å². The molecule has 6 heteroatoms. The number of aliphatic hydroxyl groups excluding tert-OH is 1. The summed E-state index contributed by atoms with van der Waals surface area (Å²) in [6.07, 6.45) is -1.56. The Morgan fingerprint density at radius 3 is 2.21 bits per heavy atom. The lowest BCUT2D eigenvalue weighted by Gasteiger charge is -2.13. The molecule has 1 unspecified atom stereocenters. The molecular formula is C18H17F2NO3. The molecule has 2 aromatic rings. The summed E-state index contributed by atoms with van der Waals surface area (Å²) in [4.78, 5) is 23.6. The lowest BCUT2D eigenvalue weighted by Crippen LogP contribution is -2.29. The fraction of sp³-hybridized carbons (Fsp3) is 0.222. The number of carbonyl (C=O) groups excluding carboxylic acids is 2. The van der Waals surface area contributed by atoms with Crippen LogP contribution in [0.4, 0.5) is 8.78 Å². The minimum absolute atomic E-state index is 0.0139. The number of nitrogens with one attached hydrogen (secondary N) is 1. The third-order valence-corrected chi connectivity index (χ3v) is 3.50. The van der Waals surface area contributed by atoms with E-state index < -0.39 is 29.2 Å². The van der Waals surface area contributed by atoms with Crippen molar-refractivity contribution in [1.29, 1.82) is 0 Å². The quantitative estimate of drug-likeness (QED) is 0.766. The molecule has 0 aliphatic heterocycles. The summed E-state index contributed by atoms with van der Waals surface area (Å²) >= 11 is 0. The number of benzene rings is 2. The summed E-state index contributed by atoms with van der Waals surface area (Å²) in [5, 5.41) is 12.2. The molecule has 2 N–H and O–H groups in total. The Morgan fingerprint density at radius 2 is 1.58 bits per heavy atom. The van der Waals surface area contributed by atoms with Crippen LogP contribution in [0.15, 0.2) is 48.5 Å². The molecule has 0 saturated heterocycles. The van der Waals surface area contributed by atoms with Gasteiger partial charge in [-0.3, -0.25) is 9.59 Å². The van der Waals surface area contributed by atoms with Gasteiger partial charge in [-0.15, -0.1) is 0 Å². The van der Waals surface area contributed by atoms with E-state index in [4.69, 9.17) is 0 Å². The van der Waals surface area contributed by atoms with Crippen LogP contribution >= 0.6 is 0 Å². The number of rotatable bonds is 7. The van der Waals surface area contributed by atoms with E-state index in [0.29, 0.717) is 5.56 Å². The van der Waals surface area contributed by atoms with Gasteiger partial charge >= 0.3 is 0 Å². The smallest absolute Gasteiger partial charge is 0.220 e. The molecular weight excluding hydrogens is 316 g/mol. The van der Waals surface area contributed by atoms with Gasteiger partial charge in [-0.25, -0.2) is 8.78 Å². The monoisotopic (exact) mass is 333 g/mol. The Kier molecular flexibility index (Phi) is 6.14. The van der Waals surface area contributed by atoms with Gasteiger partial charge in [0.05, 0.1) is 5.56 Å². The minimum Gasteiger partial charge on any atom is -0.386 e. The van der Waals surface area contributed by atoms with Gasteiger partial charge in [0, 0.05) is 24.9 Å². The minimum atomic E-state index is -1.50. The molecule has 24 heavy (non-hydrogen) atoms. The summed E-state index contributed by atoms with van der Waals surface area (Å²) < 4.78 is 27.0. The van der Waals surface area contributed by atoms with E-state index in [9.17, 15) is 23.5 Å². The standard InChI is InChI=1S/C18H17F2NO3/c19-13-7-4-8-14(20)18(13)16(23)11-21-17(24)10-9-15(22)12-5-2-1-3-6-12/h1-8,16,23H,9-11H2,(H,21,24). The highest BCUT2D eigenvalue weighted by Crippen LogP contribution is 2.19. The van der Waals surface area contributed by atoms with Crippen molar-refractivity contribution in [3.8, 4) is 0 Å². The second-order valence-corrected chi connectivity index (χ2v) is 5.24. The van der Waals surface area contributed by atoms with E-state index in [2.05, 4.69) is 5.32 Å².